The predicted octanol–water partition coefficient (Wildman–Crippen LogP) is 2.69. The summed E-state index contributed by atoms with van der Waals surface area (Å²) in [7, 11) is 0. The van der Waals surface area contributed by atoms with Crippen molar-refractivity contribution in [2.45, 2.75) is 38.8 Å². The number of carboxylic acids is 1. The molecule has 7 heteroatoms. The number of aliphatic carboxylic acids is 1. The topological polar surface area (TPSA) is 78.4 Å². The molecule has 1 rings (SSSR count). The van der Waals surface area contributed by atoms with E-state index >= 15 is 0 Å². The van der Waals surface area contributed by atoms with Crippen LogP contribution < -0.4 is 10.6 Å². The summed E-state index contributed by atoms with van der Waals surface area (Å²) in [6.45, 7) is 3.58. The number of allylic oxidation sites excluding steroid dienone is 2. The molecule has 0 aliphatic heterocycles. The minimum absolute atomic E-state index is 0.209. The molecule has 0 spiro atoms. The molecule has 2 amide bonds. The molecular weight excluding hydrogens is 331 g/mol. The molecule has 0 aromatic rings. The standard InChI is InChI=1S/C13H18BrFN2O3/c1-3-7(2)11(12(18)19)17-13(20)16-10-5-4-8(14)6-9(10)15/h4,6-7,10-11H,3,5H2,1-2H3,(H,18,19)(H2,16,17,20). The van der Waals surface area contributed by atoms with E-state index in [-0.39, 0.29) is 5.92 Å². The quantitative estimate of drug-likeness (QED) is 0.714. The maximum atomic E-state index is 13.6. The van der Waals surface area contributed by atoms with Gasteiger partial charge in [-0.15, -0.1) is 0 Å². The van der Waals surface area contributed by atoms with Crippen LogP contribution in [0.1, 0.15) is 26.7 Å². The van der Waals surface area contributed by atoms with Crippen molar-refractivity contribution < 1.29 is 19.1 Å². The summed E-state index contributed by atoms with van der Waals surface area (Å²) in [6.07, 6.45) is 3.94. The Hall–Kier alpha value is -1.37. The van der Waals surface area contributed by atoms with E-state index < -0.39 is 29.9 Å². The molecule has 0 aromatic heterocycles. The zero-order chi connectivity index (χ0) is 15.3. The van der Waals surface area contributed by atoms with Gasteiger partial charge in [-0.2, -0.15) is 0 Å². The lowest BCUT2D eigenvalue weighted by atomic mass is 9.99. The van der Waals surface area contributed by atoms with Gasteiger partial charge in [0, 0.05) is 4.48 Å². The molecule has 0 saturated carbocycles. The van der Waals surface area contributed by atoms with Gasteiger partial charge in [-0.25, -0.2) is 14.0 Å². The molecule has 0 radical (unpaired) electrons. The zero-order valence-corrected chi connectivity index (χ0v) is 12.9. The van der Waals surface area contributed by atoms with Crippen molar-refractivity contribution in [3.63, 3.8) is 0 Å². The number of amides is 2. The normalized spacial score (nSPS) is 21.3. The Morgan fingerprint density at radius 3 is 2.75 bits per heavy atom. The molecule has 0 bridgehead atoms. The lowest BCUT2D eigenvalue weighted by Crippen LogP contribution is -2.51. The fourth-order valence-corrected chi connectivity index (χ4v) is 2.19. The molecule has 0 fully saturated rings. The fraction of sp³-hybridized carbons (Fsp3) is 0.538. The number of urea groups is 1. The number of halogens is 2. The van der Waals surface area contributed by atoms with Gasteiger partial charge < -0.3 is 15.7 Å². The molecule has 5 nitrogen and oxygen atoms in total. The minimum Gasteiger partial charge on any atom is -0.480 e. The number of carbonyl (C=O) groups excluding carboxylic acids is 1. The van der Waals surface area contributed by atoms with Gasteiger partial charge in [-0.1, -0.05) is 42.3 Å². The van der Waals surface area contributed by atoms with E-state index in [1.807, 2.05) is 6.92 Å². The van der Waals surface area contributed by atoms with Gasteiger partial charge in [0.2, 0.25) is 0 Å². The molecule has 20 heavy (non-hydrogen) atoms. The van der Waals surface area contributed by atoms with E-state index in [4.69, 9.17) is 5.11 Å². The van der Waals surface area contributed by atoms with Crippen molar-refractivity contribution in [3.05, 3.63) is 22.5 Å². The van der Waals surface area contributed by atoms with Crippen molar-refractivity contribution >= 4 is 27.9 Å². The zero-order valence-electron chi connectivity index (χ0n) is 11.3. The SMILES string of the molecule is CCC(C)C(NC(=O)NC1CC=C(Br)C=C1F)C(=O)O. The van der Waals surface area contributed by atoms with Crippen molar-refractivity contribution in [1.29, 1.82) is 0 Å². The van der Waals surface area contributed by atoms with Gasteiger partial charge in [0.05, 0.1) is 6.04 Å². The van der Waals surface area contributed by atoms with Crippen LogP contribution in [-0.2, 0) is 4.79 Å². The van der Waals surface area contributed by atoms with Crippen LogP contribution >= 0.6 is 15.9 Å². The summed E-state index contributed by atoms with van der Waals surface area (Å²) >= 11 is 3.15. The van der Waals surface area contributed by atoms with Crippen LogP contribution in [0.25, 0.3) is 0 Å². The number of rotatable bonds is 5. The van der Waals surface area contributed by atoms with E-state index in [1.165, 1.54) is 6.08 Å². The van der Waals surface area contributed by atoms with E-state index in [0.29, 0.717) is 17.3 Å². The predicted molar refractivity (Wildman–Crippen MR) is 77.2 cm³/mol. The Morgan fingerprint density at radius 1 is 1.60 bits per heavy atom. The molecule has 0 aromatic carbocycles. The highest BCUT2D eigenvalue weighted by Gasteiger charge is 2.27. The molecule has 3 N–H and O–H groups in total. The molecule has 3 unspecified atom stereocenters. The lowest BCUT2D eigenvalue weighted by Gasteiger charge is -2.23. The van der Waals surface area contributed by atoms with Crippen LogP contribution in [0.2, 0.25) is 0 Å². The average Bonchev–Trinajstić information content (AvgIpc) is 2.38. The third kappa shape index (κ3) is 4.63. The van der Waals surface area contributed by atoms with Gasteiger partial charge in [0.15, 0.2) is 0 Å². The highest BCUT2D eigenvalue weighted by molar-refractivity contribution is 9.11. The van der Waals surface area contributed by atoms with Crippen LogP contribution in [0.5, 0.6) is 0 Å². The second-order valence-electron chi connectivity index (χ2n) is 4.73. The number of carbonyl (C=O) groups is 2. The van der Waals surface area contributed by atoms with Crippen LogP contribution in [-0.4, -0.2) is 29.2 Å². The fourth-order valence-electron chi connectivity index (χ4n) is 1.79. The molecule has 3 atom stereocenters. The number of hydrogen-bond acceptors (Lipinski definition) is 2. The largest absolute Gasteiger partial charge is 0.480 e. The average molecular weight is 349 g/mol. The Kier molecular flexibility index (Phi) is 6.19. The first-order valence-corrected chi connectivity index (χ1v) is 7.17. The van der Waals surface area contributed by atoms with E-state index in [1.54, 1.807) is 13.0 Å². The lowest BCUT2D eigenvalue weighted by molar-refractivity contribution is -0.140. The number of nitrogens with one attached hydrogen (secondary N) is 2. The third-order valence-corrected chi connectivity index (χ3v) is 3.78. The molecule has 1 aliphatic rings. The van der Waals surface area contributed by atoms with E-state index in [0.717, 1.165) is 0 Å². The van der Waals surface area contributed by atoms with Crippen molar-refractivity contribution in [2.24, 2.45) is 5.92 Å². The summed E-state index contributed by atoms with van der Waals surface area (Å²) in [5.74, 6) is -1.78. The van der Waals surface area contributed by atoms with E-state index in [2.05, 4.69) is 26.6 Å². The molecular formula is C13H18BrFN2O3. The van der Waals surface area contributed by atoms with Crippen molar-refractivity contribution in [2.75, 3.05) is 0 Å². The van der Waals surface area contributed by atoms with Gasteiger partial charge in [-0.3, -0.25) is 0 Å². The van der Waals surface area contributed by atoms with Crippen LogP contribution in [0.4, 0.5) is 9.18 Å². The summed E-state index contributed by atoms with van der Waals surface area (Å²) < 4.78 is 14.2. The first kappa shape index (κ1) is 16.7. The van der Waals surface area contributed by atoms with Gasteiger partial charge in [0.1, 0.15) is 11.9 Å². The first-order chi connectivity index (χ1) is 9.35. The second-order valence-corrected chi connectivity index (χ2v) is 5.64. The Bertz CT molecular complexity index is 451. The van der Waals surface area contributed by atoms with Crippen LogP contribution in [0, 0.1) is 5.92 Å². The Morgan fingerprint density at radius 2 is 2.25 bits per heavy atom. The van der Waals surface area contributed by atoms with Crippen molar-refractivity contribution in [3.8, 4) is 0 Å². The molecule has 0 heterocycles. The van der Waals surface area contributed by atoms with Crippen LogP contribution in [0.3, 0.4) is 0 Å². The second kappa shape index (κ2) is 7.42. The highest BCUT2D eigenvalue weighted by Crippen LogP contribution is 2.22. The number of hydrogen-bond donors (Lipinski definition) is 3. The molecule has 0 saturated heterocycles. The highest BCUT2D eigenvalue weighted by atomic mass is 79.9. The van der Waals surface area contributed by atoms with Gasteiger partial charge >= 0.3 is 12.0 Å². The Balaban J connectivity index is 2.59. The molecule has 112 valence electrons. The van der Waals surface area contributed by atoms with Crippen LogP contribution in [0.15, 0.2) is 22.5 Å². The summed E-state index contributed by atoms with van der Waals surface area (Å²) in [6, 6.07) is -2.43. The number of carboxylic acid groups (broad SMARTS) is 1. The first-order valence-electron chi connectivity index (χ1n) is 6.37. The third-order valence-electron chi connectivity index (χ3n) is 3.23. The van der Waals surface area contributed by atoms with E-state index in [9.17, 15) is 14.0 Å². The smallest absolute Gasteiger partial charge is 0.326 e. The maximum Gasteiger partial charge on any atom is 0.326 e. The summed E-state index contributed by atoms with van der Waals surface area (Å²) in [5.41, 5.74) is 0. The summed E-state index contributed by atoms with van der Waals surface area (Å²) in [4.78, 5) is 22.9. The monoisotopic (exact) mass is 348 g/mol. The summed E-state index contributed by atoms with van der Waals surface area (Å²) in [5, 5.41) is 13.9. The maximum absolute atomic E-state index is 13.6. The van der Waals surface area contributed by atoms with Crippen molar-refractivity contribution in [1.82, 2.24) is 10.6 Å². The van der Waals surface area contributed by atoms with Gasteiger partial charge in [0.25, 0.3) is 0 Å². The molecule has 1 aliphatic carbocycles. The van der Waals surface area contributed by atoms with Gasteiger partial charge in [-0.05, 0) is 18.4 Å². The minimum atomic E-state index is -1.10. The Labute approximate surface area is 125 Å².